The fourth-order valence-corrected chi connectivity index (χ4v) is 8.53. The molecule has 2 saturated heterocycles. The van der Waals surface area contributed by atoms with Gasteiger partial charge in [0.25, 0.3) is 0 Å². The van der Waals surface area contributed by atoms with Gasteiger partial charge in [-0.1, -0.05) is 82.2 Å². The van der Waals surface area contributed by atoms with E-state index in [4.69, 9.17) is 42.1 Å². The molecule has 0 unspecified atom stereocenters. The molecule has 4 heterocycles. The molecule has 0 saturated carbocycles. The lowest BCUT2D eigenvalue weighted by molar-refractivity contribution is -0.228. The number of halogens is 2. The first-order chi connectivity index (χ1) is 32.8. The summed E-state index contributed by atoms with van der Waals surface area (Å²) >= 11 is 12.9. The highest BCUT2D eigenvalue weighted by molar-refractivity contribution is 6.31. The van der Waals surface area contributed by atoms with Crippen molar-refractivity contribution in [2.45, 2.75) is 114 Å². The van der Waals surface area contributed by atoms with Crippen molar-refractivity contribution in [3.05, 3.63) is 152 Å². The largest absolute Gasteiger partial charge is 0.494 e. The van der Waals surface area contributed by atoms with Crippen molar-refractivity contribution >= 4 is 23.2 Å². The predicted octanol–water partition coefficient (Wildman–Crippen LogP) is 3.27. The van der Waals surface area contributed by atoms with E-state index in [1.54, 1.807) is 24.3 Å². The summed E-state index contributed by atoms with van der Waals surface area (Å²) in [6.07, 6.45) is -7.72. The number of aliphatic hydroxyl groups is 8. The molecule has 20 heteroatoms. The van der Waals surface area contributed by atoms with Gasteiger partial charge < -0.3 is 59.8 Å². The van der Waals surface area contributed by atoms with Crippen molar-refractivity contribution in [1.82, 2.24) is 30.0 Å². The Kier molecular flexibility index (Phi) is 17.6. The maximum Gasteiger partial charge on any atom is 0.119 e. The van der Waals surface area contributed by atoms with E-state index in [-0.39, 0.29) is 26.3 Å². The lowest BCUT2D eigenvalue weighted by atomic mass is 9.90. The minimum Gasteiger partial charge on any atom is -0.494 e. The monoisotopic (exact) mass is 978 g/mol. The van der Waals surface area contributed by atoms with Crippen LogP contribution >= 0.6 is 23.2 Å². The first kappa shape index (κ1) is 50.8. The van der Waals surface area contributed by atoms with Gasteiger partial charge in [0.15, 0.2) is 0 Å². The summed E-state index contributed by atoms with van der Waals surface area (Å²) in [5, 5.41) is 98.4. The van der Waals surface area contributed by atoms with Crippen LogP contribution in [0.3, 0.4) is 0 Å². The summed E-state index contributed by atoms with van der Waals surface area (Å²) in [4.78, 5) is 0. The molecule has 2 fully saturated rings. The van der Waals surface area contributed by atoms with Gasteiger partial charge in [0.2, 0.25) is 0 Å². The molecule has 364 valence electrons. The summed E-state index contributed by atoms with van der Waals surface area (Å²) in [6.45, 7) is 4.63. The SMILES string of the molecule is CCOc1ccc(Cc2cc([C@@H]3O[C@H](Cn4cc(CO)nn4)[C@@H](O)[C@H](O)[C@H]3O)ccc2Cl)cc1.CCOc1ccc(Cc2cc([C@@H]3O[C@H](Cn4nncc4CO)[C@@H](O)[C@H](O)[C@H]3O)ccc2Cl)cc1. The van der Waals surface area contributed by atoms with E-state index in [1.165, 1.54) is 21.8 Å². The molecule has 8 N–H and O–H groups in total. The summed E-state index contributed by atoms with van der Waals surface area (Å²) < 4.78 is 25.9. The zero-order valence-corrected chi connectivity index (χ0v) is 38.8. The van der Waals surface area contributed by atoms with Crippen LogP contribution in [0.5, 0.6) is 11.5 Å². The number of hydrogen-bond acceptors (Lipinski definition) is 16. The van der Waals surface area contributed by atoms with E-state index < -0.39 is 61.0 Å². The summed E-state index contributed by atoms with van der Waals surface area (Å²) in [5.74, 6) is 1.59. The van der Waals surface area contributed by atoms with Crippen molar-refractivity contribution in [3.63, 3.8) is 0 Å². The zero-order chi connectivity index (χ0) is 48.5. The number of hydrogen-bond donors (Lipinski definition) is 8. The zero-order valence-electron chi connectivity index (χ0n) is 37.3. The van der Waals surface area contributed by atoms with E-state index in [9.17, 15) is 40.9 Å². The maximum absolute atomic E-state index is 10.7. The average molecular weight is 980 g/mol. The van der Waals surface area contributed by atoms with E-state index >= 15 is 0 Å². The Morgan fingerprint density at radius 3 is 1.51 bits per heavy atom. The highest BCUT2D eigenvalue weighted by atomic mass is 35.5. The second-order valence-electron chi connectivity index (χ2n) is 16.5. The number of aliphatic hydroxyl groups excluding tert-OH is 8. The second kappa shape index (κ2) is 23.5. The molecule has 0 bridgehead atoms. The predicted molar refractivity (Wildman–Crippen MR) is 247 cm³/mol. The van der Waals surface area contributed by atoms with Crippen molar-refractivity contribution < 1.29 is 59.8 Å². The van der Waals surface area contributed by atoms with Crippen LogP contribution in [0.2, 0.25) is 10.0 Å². The molecule has 8 rings (SSSR count). The van der Waals surface area contributed by atoms with Gasteiger partial charge in [0, 0.05) is 10.0 Å². The molecule has 0 aliphatic carbocycles. The molecule has 2 aliphatic heterocycles. The molecule has 2 aromatic heterocycles. The number of nitrogens with zero attached hydrogens (tertiary/aromatic N) is 6. The molecule has 6 aromatic rings. The standard InChI is InChI=1S/2C24H28ClN3O6/c1-2-33-18-6-3-14(4-7-18)9-16-10-15(5-8-19(16)25)24-23(32)22(31)21(30)20(34-24)12-28-11-17(13-29)26-27-28;1-2-33-18-6-3-14(4-7-18)9-16-10-15(5-8-19(16)25)24-23(32)22(31)21(30)20(34-24)12-28-17(13-29)11-26-27-28/h2*3-8,10-11,20-24,29-32H,2,9,12-13H2,1H3/t2*20-,21-,22+,23-,24+/m11/s1. The van der Waals surface area contributed by atoms with Crippen LogP contribution in [-0.4, -0.2) is 133 Å². The lowest BCUT2D eigenvalue weighted by Crippen LogP contribution is -2.55. The Morgan fingerprint density at radius 2 is 1.07 bits per heavy atom. The quantitative estimate of drug-likeness (QED) is 0.0692. The van der Waals surface area contributed by atoms with Crippen molar-refractivity contribution in [2.75, 3.05) is 13.2 Å². The Balaban J connectivity index is 0.000000201. The van der Waals surface area contributed by atoms with Gasteiger partial charge in [0.1, 0.15) is 78.2 Å². The van der Waals surface area contributed by atoms with Gasteiger partial charge in [-0.25, -0.2) is 9.36 Å². The van der Waals surface area contributed by atoms with Crippen LogP contribution < -0.4 is 9.47 Å². The average Bonchev–Trinajstić information content (AvgIpc) is 4.01. The van der Waals surface area contributed by atoms with Crippen molar-refractivity contribution in [3.8, 4) is 11.5 Å². The van der Waals surface area contributed by atoms with Crippen LogP contribution in [-0.2, 0) is 48.6 Å². The third-order valence-corrected chi connectivity index (χ3v) is 12.5. The van der Waals surface area contributed by atoms with Gasteiger partial charge >= 0.3 is 0 Å². The van der Waals surface area contributed by atoms with Crippen LogP contribution in [0.1, 0.15) is 70.8 Å². The second-order valence-corrected chi connectivity index (χ2v) is 17.3. The van der Waals surface area contributed by atoms with Crippen LogP contribution in [0, 0.1) is 0 Å². The molecular formula is C48H56Cl2N6O12. The Hall–Kier alpha value is -5.06. The molecule has 4 aromatic carbocycles. The molecule has 68 heavy (non-hydrogen) atoms. The first-order valence-electron chi connectivity index (χ1n) is 22.2. The van der Waals surface area contributed by atoms with E-state index in [0.717, 1.165) is 33.8 Å². The molecule has 2 aliphatic rings. The summed E-state index contributed by atoms with van der Waals surface area (Å²) in [5.41, 5.74) is 5.79. The Labute approximate surface area is 402 Å². The molecule has 0 radical (unpaired) electrons. The fraction of sp³-hybridized carbons (Fsp3) is 0.417. The smallest absolute Gasteiger partial charge is 0.119 e. The van der Waals surface area contributed by atoms with Gasteiger partial charge in [0.05, 0.1) is 57.6 Å². The minimum atomic E-state index is -1.44. The van der Waals surface area contributed by atoms with Gasteiger partial charge in [-0.15, -0.1) is 10.2 Å². The normalized spacial score (nSPS) is 24.8. The molecule has 10 atom stereocenters. The van der Waals surface area contributed by atoms with Crippen molar-refractivity contribution in [1.29, 1.82) is 0 Å². The summed E-state index contributed by atoms with van der Waals surface area (Å²) in [6, 6.07) is 26.1. The third-order valence-electron chi connectivity index (χ3n) is 11.8. The van der Waals surface area contributed by atoms with E-state index in [0.29, 0.717) is 58.6 Å². The molecular weight excluding hydrogens is 923 g/mol. The van der Waals surface area contributed by atoms with E-state index in [2.05, 4.69) is 20.6 Å². The summed E-state index contributed by atoms with van der Waals surface area (Å²) in [7, 11) is 0. The van der Waals surface area contributed by atoms with Crippen LogP contribution in [0.25, 0.3) is 0 Å². The third kappa shape index (κ3) is 12.2. The van der Waals surface area contributed by atoms with E-state index in [1.807, 2.05) is 74.5 Å². The van der Waals surface area contributed by atoms with Gasteiger partial charge in [-0.05, 0) is 96.5 Å². The fourth-order valence-electron chi connectivity index (χ4n) is 8.16. The minimum absolute atomic E-state index is 0.0456. The topological polar surface area (TPSA) is 260 Å². The number of benzene rings is 4. The number of aromatic nitrogens is 6. The number of ether oxygens (including phenoxy) is 4. The number of rotatable bonds is 16. The first-order valence-corrected chi connectivity index (χ1v) is 22.9. The highest BCUT2D eigenvalue weighted by Crippen LogP contribution is 2.37. The Morgan fingerprint density at radius 1 is 0.588 bits per heavy atom. The van der Waals surface area contributed by atoms with Gasteiger partial charge in [-0.3, -0.25) is 0 Å². The van der Waals surface area contributed by atoms with Crippen LogP contribution in [0.4, 0.5) is 0 Å². The molecule has 0 amide bonds. The van der Waals surface area contributed by atoms with Crippen LogP contribution in [0.15, 0.2) is 97.3 Å². The Bertz CT molecular complexity index is 2530. The van der Waals surface area contributed by atoms with Crippen molar-refractivity contribution in [2.24, 2.45) is 0 Å². The lowest BCUT2D eigenvalue weighted by Gasteiger charge is -2.41. The highest BCUT2D eigenvalue weighted by Gasteiger charge is 2.46. The molecule has 0 spiro atoms. The molecule has 18 nitrogen and oxygen atoms in total. The maximum atomic E-state index is 10.7. The van der Waals surface area contributed by atoms with Gasteiger partial charge in [-0.2, -0.15) is 0 Å².